The Labute approximate surface area is 175 Å². The van der Waals surface area contributed by atoms with Gasteiger partial charge in [0.05, 0.1) is 23.6 Å². The predicted octanol–water partition coefficient (Wildman–Crippen LogP) is 5.29. The zero-order valence-electron chi connectivity index (χ0n) is 17.5. The smallest absolute Gasteiger partial charge is 0.337 e. The van der Waals surface area contributed by atoms with Crippen LogP contribution in [-0.2, 0) is 4.74 Å². The van der Waals surface area contributed by atoms with Crippen molar-refractivity contribution in [2.45, 2.75) is 45.1 Å². The topological polar surface area (TPSA) is 81.5 Å². The summed E-state index contributed by atoms with van der Waals surface area (Å²) in [6.45, 7) is 4.08. The number of carbonyl (C=O) groups excluding carboxylic acids is 1. The van der Waals surface area contributed by atoms with Crippen molar-refractivity contribution in [1.82, 2.24) is 0 Å². The largest absolute Gasteiger partial charge is 0.465 e. The van der Waals surface area contributed by atoms with Gasteiger partial charge in [0, 0.05) is 6.07 Å². The first-order chi connectivity index (χ1) is 14.4. The normalized spacial score (nSPS) is 28.4. The van der Waals surface area contributed by atoms with Crippen LogP contribution in [0.5, 0.6) is 0 Å². The summed E-state index contributed by atoms with van der Waals surface area (Å²) < 4.78 is 4.81. The Balaban J connectivity index is 1.65. The summed E-state index contributed by atoms with van der Waals surface area (Å²) in [4.78, 5) is 23.5. The number of esters is 1. The molecule has 1 N–H and O–H groups in total. The lowest BCUT2D eigenvalue weighted by molar-refractivity contribution is -0.384. The maximum Gasteiger partial charge on any atom is 0.337 e. The zero-order valence-corrected chi connectivity index (χ0v) is 17.5. The van der Waals surface area contributed by atoms with Gasteiger partial charge in [0.15, 0.2) is 0 Å². The van der Waals surface area contributed by atoms with E-state index in [4.69, 9.17) is 4.74 Å². The van der Waals surface area contributed by atoms with Crippen molar-refractivity contribution < 1.29 is 14.5 Å². The third-order valence-corrected chi connectivity index (χ3v) is 7.76. The molecule has 2 saturated carbocycles. The third kappa shape index (κ3) is 2.66. The molecule has 0 saturated heterocycles. The number of nitro benzene ring substituents is 1. The molecule has 2 fully saturated rings. The fourth-order valence-corrected chi connectivity index (χ4v) is 6.38. The number of nitrogens with zero attached hydrogens (tertiary/aromatic N) is 1. The second-order valence-corrected chi connectivity index (χ2v) is 9.06. The van der Waals surface area contributed by atoms with E-state index in [1.54, 1.807) is 18.2 Å². The van der Waals surface area contributed by atoms with E-state index >= 15 is 0 Å². The number of nitrogens with one attached hydrogen (secondary N) is 1. The maximum absolute atomic E-state index is 11.9. The minimum atomic E-state index is -0.358. The molecular formula is C24H26N2O4. The molecule has 2 aromatic rings. The van der Waals surface area contributed by atoms with Crippen molar-refractivity contribution in [1.29, 1.82) is 0 Å². The molecule has 5 atom stereocenters. The highest BCUT2D eigenvalue weighted by molar-refractivity contribution is 5.89. The van der Waals surface area contributed by atoms with Gasteiger partial charge >= 0.3 is 5.97 Å². The molecule has 2 aromatic carbocycles. The first-order valence-corrected chi connectivity index (χ1v) is 10.6. The molecule has 2 aliphatic carbocycles. The highest BCUT2D eigenvalue weighted by atomic mass is 16.6. The van der Waals surface area contributed by atoms with Gasteiger partial charge in [-0.05, 0) is 91.2 Å². The molecule has 5 unspecified atom stereocenters. The average Bonchev–Trinajstić information content (AvgIpc) is 3.37. The van der Waals surface area contributed by atoms with Gasteiger partial charge in [-0.25, -0.2) is 4.79 Å². The summed E-state index contributed by atoms with van der Waals surface area (Å²) in [5.41, 5.74) is 5.79. The molecule has 1 heterocycles. The molecule has 5 rings (SSSR count). The molecule has 6 heteroatoms. The number of anilines is 1. The maximum atomic E-state index is 11.9. The van der Waals surface area contributed by atoms with Crippen LogP contribution in [0.1, 0.15) is 63.8 Å². The van der Waals surface area contributed by atoms with E-state index in [-0.39, 0.29) is 22.6 Å². The zero-order chi connectivity index (χ0) is 21.2. The number of carbonyl (C=O) groups is 1. The van der Waals surface area contributed by atoms with E-state index < -0.39 is 0 Å². The summed E-state index contributed by atoms with van der Waals surface area (Å²) >= 11 is 0. The van der Waals surface area contributed by atoms with Crippen LogP contribution in [0.3, 0.4) is 0 Å². The van der Waals surface area contributed by atoms with Gasteiger partial charge < -0.3 is 10.1 Å². The Morgan fingerprint density at radius 1 is 1.17 bits per heavy atom. The summed E-state index contributed by atoms with van der Waals surface area (Å²) in [5, 5.41) is 15.5. The average molecular weight is 406 g/mol. The monoisotopic (exact) mass is 406 g/mol. The number of methoxy groups -OCH3 is 1. The third-order valence-electron chi connectivity index (χ3n) is 7.76. The molecule has 0 spiro atoms. The highest BCUT2D eigenvalue weighted by Gasteiger charge is 2.55. The number of hydrogen-bond donors (Lipinski definition) is 1. The van der Waals surface area contributed by atoms with Gasteiger partial charge in [0.1, 0.15) is 5.69 Å². The van der Waals surface area contributed by atoms with Gasteiger partial charge in [-0.1, -0.05) is 12.1 Å². The van der Waals surface area contributed by atoms with Crippen LogP contribution in [0.4, 0.5) is 11.4 Å². The number of rotatable bonds is 3. The van der Waals surface area contributed by atoms with Crippen LogP contribution >= 0.6 is 0 Å². The molecule has 3 aliphatic rings. The number of fused-ring (bicyclic) bond motifs is 7. The van der Waals surface area contributed by atoms with Crippen molar-refractivity contribution in [3.8, 4) is 0 Å². The number of benzene rings is 2. The summed E-state index contributed by atoms with van der Waals surface area (Å²) in [6, 6.07) is 9.21. The first kappa shape index (κ1) is 19.1. The predicted molar refractivity (Wildman–Crippen MR) is 114 cm³/mol. The fourth-order valence-electron chi connectivity index (χ4n) is 6.38. The SMILES string of the molecule is COC(=O)c1ccc(C2Nc3c([N+](=O)[O-])cc(C)c(C)c3C3C4CCC(C4)C23)cc1. The van der Waals surface area contributed by atoms with Crippen LogP contribution < -0.4 is 5.32 Å². The van der Waals surface area contributed by atoms with Crippen molar-refractivity contribution >= 4 is 17.3 Å². The fraction of sp³-hybridized carbons (Fsp3) is 0.458. The van der Waals surface area contributed by atoms with E-state index in [1.165, 1.54) is 37.5 Å². The summed E-state index contributed by atoms with van der Waals surface area (Å²) in [5.74, 6) is 1.63. The Morgan fingerprint density at radius 3 is 2.53 bits per heavy atom. The highest BCUT2D eigenvalue weighted by Crippen LogP contribution is 2.65. The number of nitro groups is 1. The van der Waals surface area contributed by atoms with E-state index in [1.807, 2.05) is 19.1 Å². The molecule has 30 heavy (non-hydrogen) atoms. The van der Waals surface area contributed by atoms with Crippen molar-refractivity contribution in [2.24, 2.45) is 17.8 Å². The summed E-state index contributed by atoms with van der Waals surface area (Å²) in [7, 11) is 1.37. The van der Waals surface area contributed by atoms with Gasteiger partial charge in [-0.2, -0.15) is 0 Å². The molecule has 2 bridgehead atoms. The van der Waals surface area contributed by atoms with Crippen LogP contribution in [0.2, 0.25) is 0 Å². The second kappa shape index (κ2) is 6.83. The molecule has 6 nitrogen and oxygen atoms in total. The van der Waals surface area contributed by atoms with E-state index in [2.05, 4.69) is 12.2 Å². The van der Waals surface area contributed by atoms with Crippen molar-refractivity contribution in [3.63, 3.8) is 0 Å². The number of aryl methyl sites for hydroxylation is 1. The summed E-state index contributed by atoms with van der Waals surface area (Å²) in [6.07, 6.45) is 3.64. The van der Waals surface area contributed by atoms with Crippen molar-refractivity contribution in [3.05, 3.63) is 68.3 Å². The van der Waals surface area contributed by atoms with E-state index in [9.17, 15) is 14.9 Å². The molecule has 156 valence electrons. The Bertz CT molecular complexity index is 1050. The van der Waals surface area contributed by atoms with Gasteiger partial charge in [-0.15, -0.1) is 0 Å². The van der Waals surface area contributed by atoms with Crippen LogP contribution in [0.15, 0.2) is 30.3 Å². The van der Waals surface area contributed by atoms with Crippen LogP contribution in [-0.4, -0.2) is 18.0 Å². The van der Waals surface area contributed by atoms with Crippen LogP contribution in [0, 0.1) is 41.7 Å². The van der Waals surface area contributed by atoms with E-state index in [0.29, 0.717) is 34.9 Å². The minimum Gasteiger partial charge on any atom is -0.465 e. The second-order valence-electron chi connectivity index (χ2n) is 9.06. The van der Waals surface area contributed by atoms with Gasteiger partial charge in [0.2, 0.25) is 0 Å². The quantitative estimate of drug-likeness (QED) is 0.425. The van der Waals surface area contributed by atoms with Crippen molar-refractivity contribution in [2.75, 3.05) is 12.4 Å². The number of hydrogen-bond acceptors (Lipinski definition) is 5. The van der Waals surface area contributed by atoms with E-state index in [0.717, 1.165) is 11.1 Å². The number of ether oxygens (including phenoxy) is 1. The van der Waals surface area contributed by atoms with Crippen LogP contribution in [0.25, 0.3) is 0 Å². The lowest BCUT2D eigenvalue weighted by Crippen LogP contribution is -2.36. The lowest BCUT2D eigenvalue weighted by Gasteiger charge is -2.44. The first-order valence-electron chi connectivity index (χ1n) is 10.6. The minimum absolute atomic E-state index is 0.00491. The molecule has 0 aromatic heterocycles. The Kier molecular flexibility index (Phi) is 4.34. The Morgan fingerprint density at radius 2 is 1.87 bits per heavy atom. The standard InChI is InChI=1S/C24H26N2O4/c1-12-10-18(26(28)29)23-19(13(12)2)20-16-8-9-17(11-16)21(20)22(25-23)14-4-6-15(7-5-14)24(27)30-3/h4-7,10,16-17,20-22,25H,8-9,11H2,1-3H3. The Hall–Kier alpha value is -2.89. The molecule has 0 amide bonds. The molecular weight excluding hydrogens is 380 g/mol. The van der Waals surface area contributed by atoms with Gasteiger partial charge in [0.25, 0.3) is 5.69 Å². The molecule has 0 radical (unpaired) electrons. The molecule has 1 aliphatic heterocycles. The lowest BCUT2D eigenvalue weighted by atomic mass is 9.66. The van der Waals surface area contributed by atoms with Gasteiger partial charge in [-0.3, -0.25) is 10.1 Å².